The highest BCUT2D eigenvalue weighted by Gasteiger charge is 2.18. The molecule has 0 fully saturated rings. The Hall–Kier alpha value is -3.75. The van der Waals surface area contributed by atoms with Crippen molar-refractivity contribution < 1.29 is 19.4 Å². The minimum absolute atomic E-state index is 0. The van der Waals surface area contributed by atoms with Gasteiger partial charge in [0.05, 0.1) is 17.6 Å². The van der Waals surface area contributed by atoms with Crippen LogP contribution in [0.3, 0.4) is 0 Å². The SMILES string of the molecule is C.CCCC.Cc1ccc(-n2nc(C(=O)O)cc2-c2ccc(NC(=O)OC(C)(C)C)nc2)cn1. The Labute approximate surface area is 201 Å². The van der Waals surface area contributed by atoms with Gasteiger partial charge in [-0.25, -0.2) is 19.3 Å². The molecule has 2 N–H and O–H groups in total. The van der Waals surface area contributed by atoms with Crippen molar-refractivity contribution in [2.45, 2.75) is 67.4 Å². The molecule has 1 amide bonds. The molecule has 3 rings (SSSR count). The Morgan fingerprint density at radius 3 is 2.21 bits per heavy atom. The van der Waals surface area contributed by atoms with E-state index in [1.54, 1.807) is 45.2 Å². The fourth-order valence-electron chi connectivity index (χ4n) is 2.50. The summed E-state index contributed by atoms with van der Waals surface area (Å²) in [7, 11) is 0. The summed E-state index contributed by atoms with van der Waals surface area (Å²) in [6.45, 7) is 11.5. The highest BCUT2D eigenvalue weighted by molar-refractivity contribution is 5.87. The number of nitrogens with zero attached hydrogens (tertiary/aromatic N) is 4. The molecule has 0 atom stereocenters. The van der Waals surface area contributed by atoms with Gasteiger partial charge in [0.1, 0.15) is 11.4 Å². The van der Waals surface area contributed by atoms with E-state index in [-0.39, 0.29) is 13.1 Å². The highest BCUT2D eigenvalue weighted by atomic mass is 16.6. The van der Waals surface area contributed by atoms with E-state index in [0.717, 1.165) is 5.69 Å². The van der Waals surface area contributed by atoms with Crippen LogP contribution in [0.4, 0.5) is 10.6 Å². The lowest BCUT2D eigenvalue weighted by Crippen LogP contribution is -2.27. The summed E-state index contributed by atoms with van der Waals surface area (Å²) in [6, 6.07) is 8.38. The molecular formula is C25H35N5O4. The molecule has 0 spiro atoms. The maximum Gasteiger partial charge on any atom is 0.413 e. The standard InChI is InChI=1S/C20H21N5O4.C4H10.CH4/c1-12-5-7-14(11-21-12)25-16(9-15(24-25)18(26)27)13-6-8-17(22-10-13)23-19(28)29-20(2,3)4;1-3-4-2;/h5-11H,1-4H3,(H,26,27)(H,22,23,28);3-4H2,1-2H3;1H4. The summed E-state index contributed by atoms with van der Waals surface area (Å²) >= 11 is 0. The molecule has 9 heteroatoms. The van der Waals surface area contributed by atoms with Crippen LogP contribution in [-0.2, 0) is 4.74 Å². The van der Waals surface area contributed by atoms with Crippen molar-refractivity contribution in [2.75, 3.05) is 5.32 Å². The maximum atomic E-state index is 11.9. The Balaban J connectivity index is 0.00000107. The fraction of sp³-hybridized carbons (Fsp3) is 0.400. The normalized spacial score (nSPS) is 10.4. The molecule has 9 nitrogen and oxygen atoms in total. The van der Waals surface area contributed by atoms with Crippen LogP contribution in [0.1, 0.15) is 71.1 Å². The average molecular weight is 470 g/mol. The molecule has 0 saturated heterocycles. The maximum absolute atomic E-state index is 11.9. The number of anilines is 1. The van der Waals surface area contributed by atoms with E-state index in [2.05, 4.69) is 34.2 Å². The van der Waals surface area contributed by atoms with E-state index in [9.17, 15) is 14.7 Å². The van der Waals surface area contributed by atoms with Crippen LogP contribution in [0.5, 0.6) is 0 Å². The summed E-state index contributed by atoms with van der Waals surface area (Å²) in [5, 5.41) is 16.0. The number of pyridine rings is 2. The van der Waals surface area contributed by atoms with Crippen LogP contribution in [-0.4, -0.2) is 42.5 Å². The van der Waals surface area contributed by atoms with Crippen molar-refractivity contribution >= 4 is 17.9 Å². The fourth-order valence-corrected chi connectivity index (χ4v) is 2.50. The zero-order valence-electron chi connectivity index (χ0n) is 19.9. The lowest BCUT2D eigenvalue weighted by atomic mass is 10.2. The van der Waals surface area contributed by atoms with Crippen molar-refractivity contribution in [3.05, 3.63) is 54.1 Å². The number of amides is 1. The molecule has 0 aromatic carbocycles. The third-order valence-corrected chi connectivity index (χ3v) is 4.26. The zero-order valence-corrected chi connectivity index (χ0v) is 19.9. The molecule has 0 saturated carbocycles. The molecule has 3 heterocycles. The number of aryl methyl sites for hydroxylation is 1. The first kappa shape index (κ1) is 28.3. The summed E-state index contributed by atoms with van der Waals surface area (Å²) in [5.74, 6) is -0.828. The molecule has 0 aliphatic carbocycles. The predicted octanol–water partition coefficient (Wildman–Crippen LogP) is 6.13. The zero-order chi connectivity index (χ0) is 24.6. The monoisotopic (exact) mass is 469 g/mol. The second kappa shape index (κ2) is 12.5. The number of aromatic nitrogens is 4. The van der Waals surface area contributed by atoms with E-state index in [4.69, 9.17) is 4.74 Å². The second-order valence-electron chi connectivity index (χ2n) is 8.35. The van der Waals surface area contributed by atoms with E-state index >= 15 is 0 Å². The number of aromatic carboxylic acids is 1. The van der Waals surface area contributed by atoms with Gasteiger partial charge in [-0.05, 0) is 58.0 Å². The molecule has 184 valence electrons. The number of carbonyl (C=O) groups excluding carboxylic acids is 1. The van der Waals surface area contributed by atoms with Gasteiger partial charge in [-0.15, -0.1) is 0 Å². The van der Waals surface area contributed by atoms with Gasteiger partial charge in [0.2, 0.25) is 0 Å². The molecule has 0 unspecified atom stereocenters. The Bertz CT molecular complexity index is 1070. The van der Waals surface area contributed by atoms with Gasteiger partial charge >= 0.3 is 12.1 Å². The van der Waals surface area contributed by atoms with E-state index in [1.807, 2.05) is 13.0 Å². The molecule has 34 heavy (non-hydrogen) atoms. The molecule has 3 aromatic heterocycles. The summed E-state index contributed by atoms with van der Waals surface area (Å²) in [6.07, 6.45) is 5.17. The van der Waals surface area contributed by atoms with Crippen LogP contribution in [0.2, 0.25) is 0 Å². The summed E-state index contributed by atoms with van der Waals surface area (Å²) < 4.78 is 6.69. The molecular weight excluding hydrogens is 434 g/mol. The molecule has 0 aliphatic heterocycles. The number of unbranched alkanes of at least 4 members (excludes halogenated alkanes) is 1. The van der Waals surface area contributed by atoms with Gasteiger partial charge in [-0.2, -0.15) is 5.10 Å². The van der Waals surface area contributed by atoms with E-state index in [1.165, 1.54) is 29.8 Å². The van der Waals surface area contributed by atoms with E-state index < -0.39 is 17.7 Å². The molecule has 3 aromatic rings. The topological polar surface area (TPSA) is 119 Å². The van der Waals surface area contributed by atoms with E-state index in [0.29, 0.717) is 22.8 Å². The average Bonchev–Trinajstić information content (AvgIpc) is 3.19. The molecule has 0 radical (unpaired) electrons. The summed E-state index contributed by atoms with van der Waals surface area (Å²) in [5.41, 5.74) is 1.89. The summed E-state index contributed by atoms with van der Waals surface area (Å²) in [4.78, 5) is 31.7. The minimum Gasteiger partial charge on any atom is -0.476 e. The van der Waals surface area contributed by atoms with Crippen molar-refractivity contribution in [3.63, 3.8) is 0 Å². The Morgan fingerprint density at radius 1 is 1.06 bits per heavy atom. The van der Waals surface area contributed by atoms with Gasteiger partial charge in [0.15, 0.2) is 5.69 Å². The number of hydrogen-bond acceptors (Lipinski definition) is 6. The largest absolute Gasteiger partial charge is 0.476 e. The number of carbonyl (C=O) groups is 2. The first-order valence-corrected chi connectivity index (χ1v) is 10.8. The molecule has 0 bridgehead atoms. The van der Waals surface area contributed by atoms with Crippen molar-refractivity contribution in [1.82, 2.24) is 19.7 Å². The number of carboxylic acids is 1. The van der Waals surface area contributed by atoms with Gasteiger partial charge in [-0.3, -0.25) is 10.3 Å². The minimum atomic E-state index is -1.14. The Kier molecular flexibility index (Phi) is 10.4. The van der Waals surface area contributed by atoms with Gasteiger partial charge in [0.25, 0.3) is 0 Å². The van der Waals surface area contributed by atoms with Gasteiger partial charge < -0.3 is 9.84 Å². The molecule has 0 aliphatic rings. The first-order chi connectivity index (χ1) is 15.5. The number of ether oxygens (including phenoxy) is 1. The lowest BCUT2D eigenvalue weighted by molar-refractivity contribution is 0.0633. The predicted molar refractivity (Wildman–Crippen MR) is 133 cm³/mol. The van der Waals surface area contributed by atoms with Crippen molar-refractivity contribution in [2.24, 2.45) is 0 Å². The smallest absolute Gasteiger partial charge is 0.413 e. The third-order valence-electron chi connectivity index (χ3n) is 4.26. The number of nitrogens with one attached hydrogen (secondary N) is 1. The van der Waals surface area contributed by atoms with Crippen LogP contribution in [0.15, 0.2) is 42.7 Å². The van der Waals surface area contributed by atoms with Crippen molar-refractivity contribution in [3.8, 4) is 16.9 Å². The second-order valence-corrected chi connectivity index (χ2v) is 8.35. The lowest BCUT2D eigenvalue weighted by Gasteiger charge is -2.19. The quantitative estimate of drug-likeness (QED) is 0.461. The van der Waals surface area contributed by atoms with Crippen LogP contribution >= 0.6 is 0 Å². The van der Waals surface area contributed by atoms with Crippen LogP contribution in [0.25, 0.3) is 16.9 Å². The van der Waals surface area contributed by atoms with Crippen LogP contribution < -0.4 is 5.32 Å². The number of hydrogen-bond donors (Lipinski definition) is 2. The number of carboxylic acid groups (broad SMARTS) is 1. The number of rotatable bonds is 5. The van der Waals surface area contributed by atoms with Crippen LogP contribution in [0, 0.1) is 6.92 Å². The van der Waals surface area contributed by atoms with Gasteiger partial charge in [-0.1, -0.05) is 34.1 Å². The van der Waals surface area contributed by atoms with Gasteiger partial charge in [0, 0.05) is 17.5 Å². The first-order valence-electron chi connectivity index (χ1n) is 10.8. The Morgan fingerprint density at radius 2 is 1.74 bits per heavy atom. The van der Waals surface area contributed by atoms with Crippen molar-refractivity contribution in [1.29, 1.82) is 0 Å². The third kappa shape index (κ3) is 8.31. The highest BCUT2D eigenvalue weighted by Crippen LogP contribution is 2.24.